The number of nitrogens with two attached hydrogens (primary N) is 1. The number of nitrogens with one attached hydrogen (secondary N) is 1. The van der Waals surface area contributed by atoms with E-state index in [-0.39, 0.29) is 11.2 Å². The van der Waals surface area contributed by atoms with Gasteiger partial charge in [0.25, 0.3) is 0 Å². The summed E-state index contributed by atoms with van der Waals surface area (Å²) < 4.78 is 0. The third-order valence-corrected chi connectivity index (χ3v) is 4.18. The van der Waals surface area contributed by atoms with Gasteiger partial charge in [-0.15, -0.1) is 11.8 Å². The number of amides is 1. The number of anilines is 1. The van der Waals surface area contributed by atoms with E-state index >= 15 is 0 Å². The second-order valence-corrected chi connectivity index (χ2v) is 5.63. The first kappa shape index (κ1) is 15.3. The standard InChI is InChI=1S/C15H18N4OS/c16-14(20)13(12-6-2-1-3-7-12)21-11-5-10-19-15-17-8-4-9-18-15/h1-4,6-9,13H,5,10-11H2,(H2,16,20)(H,17,18,19)/t13-/m0/s1. The average molecular weight is 302 g/mol. The van der Waals surface area contributed by atoms with Crippen LogP contribution in [0.5, 0.6) is 0 Å². The molecule has 0 spiro atoms. The lowest BCUT2D eigenvalue weighted by molar-refractivity contribution is -0.117. The Hall–Kier alpha value is -2.08. The third kappa shape index (κ3) is 5.07. The molecule has 6 heteroatoms. The number of nitrogens with zero attached hydrogens (tertiary/aromatic N) is 2. The van der Waals surface area contributed by atoms with E-state index in [1.807, 2.05) is 30.3 Å². The van der Waals surface area contributed by atoms with Crippen LogP contribution in [0.1, 0.15) is 17.2 Å². The number of carbonyl (C=O) groups is 1. The highest BCUT2D eigenvalue weighted by Crippen LogP contribution is 2.28. The monoisotopic (exact) mass is 302 g/mol. The maximum Gasteiger partial charge on any atom is 0.235 e. The molecule has 0 saturated carbocycles. The van der Waals surface area contributed by atoms with Gasteiger partial charge in [-0.2, -0.15) is 0 Å². The van der Waals surface area contributed by atoms with Gasteiger partial charge >= 0.3 is 0 Å². The van der Waals surface area contributed by atoms with Gasteiger partial charge in [-0.3, -0.25) is 4.79 Å². The van der Waals surface area contributed by atoms with Gasteiger partial charge in [-0.1, -0.05) is 30.3 Å². The molecule has 0 radical (unpaired) electrons. The van der Waals surface area contributed by atoms with Crippen LogP contribution in [0.4, 0.5) is 5.95 Å². The molecule has 1 amide bonds. The average Bonchev–Trinajstić information content (AvgIpc) is 2.52. The summed E-state index contributed by atoms with van der Waals surface area (Å²) >= 11 is 1.56. The van der Waals surface area contributed by atoms with Crippen LogP contribution in [0, 0.1) is 0 Å². The highest BCUT2D eigenvalue weighted by atomic mass is 32.2. The molecule has 110 valence electrons. The maximum absolute atomic E-state index is 11.6. The molecule has 21 heavy (non-hydrogen) atoms. The highest BCUT2D eigenvalue weighted by molar-refractivity contribution is 8.00. The van der Waals surface area contributed by atoms with E-state index in [9.17, 15) is 4.79 Å². The molecule has 1 aromatic carbocycles. The number of primary amides is 1. The molecule has 3 N–H and O–H groups in total. The van der Waals surface area contributed by atoms with Crippen molar-refractivity contribution in [2.24, 2.45) is 5.73 Å². The Morgan fingerprint density at radius 2 is 1.90 bits per heavy atom. The van der Waals surface area contributed by atoms with Crippen molar-refractivity contribution >= 4 is 23.6 Å². The molecule has 0 unspecified atom stereocenters. The van der Waals surface area contributed by atoms with Crippen molar-refractivity contribution < 1.29 is 4.79 Å². The molecule has 2 aromatic rings. The predicted octanol–water partition coefficient (Wildman–Crippen LogP) is 2.24. The molecule has 0 bridgehead atoms. The van der Waals surface area contributed by atoms with Crippen LogP contribution in [-0.2, 0) is 4.79 Å². The molecular formula is C15H18N4OS. The number of thioether (sulfide) groups is 1. The van der Waals surface area contributed by atoms with E-state index in [4.69, 9.17) is 5.73 Å². The topological polar surface area (TPSA) is 80.9 Å². The Morgan fingerprint density at radius 3 is 2.57 bits per heavy atom. The molecule has 1 atom stereocenters. The third-order valence-electron chi connectivity index (χ3n) is 2.82. The second kappa shape index (κ2) is 8.26. The van der Waals surface area contributed by atoms with Gasteiger partial charge in [0.1, 0.15) is 5.25 Å². The lowest BCUT2D eigenvalue weighted by atomic mass is 10.1. The summed E-state index contributed by atoms with van der Waals surface area (Å²) in [6.45, 7) is 0.761. The van der Waals surface area contributed by atoms with E-state index in [0.717, 1.165) is 24.3 Å². The fraction of sp³-hybridized carbons (Fsp3) is 0.267. The maximum atomic E-state index is 11.6. The van der Waals surface area contributed by atoms with Crippen molar-refractivity contribution in [2.75, 3.05) is 17.6 Å². The van der Waals surface area contributed by atoms with E-state index in [2.05, 4.69) is 15.3 Å². The van der Waals surface area contributed by atoms with Crippen LogP contribution in [0.25, 0.3) is 0 Å². The van der Waals surface area contributed by atoms with Crippen molar-refractivity contribution in [2.45, 2.75) is 11.7 Å². The Bertz CT molecular complexity index is 550. The molecule has 0 saturated heterocycles. The van der Waals surface area contributed by atoms with Crippen LogP contribution < -0.4 is 11.1 Å². The van der Waals surface area contributed by atoms with Crippen LogP contribution in [0.2, 0.25) is 0 Å². The van der Waals surface area contributed by atoms with Crippen LogP contribution in [-0.4, -0.2) is 28.2 Å². The fourth-order valence-corrected chi connectivity index (χ4v) is 2.89. The summed E-state index contributed by atoms with van der Waals surface area (Å²) in [5.41, 5.74) is 6.43. The molecule has 0 aliphatic carbocycles. The zero-order valence-corrected chi connectivity index (χ0v) is 12.4. The number of benzene rings is 1. The van der Waals surface area contributed by atoms with E-state index in [0.29, 0.717) is 5.95 Å². The molecular weight excluding hydrogens is 284 g/mol. The normalized spacial score (nSPS) is 11.8. The van der Waals surface area contributed by atoms with Crippen LogP contribution in [0.3, 0.4) is 0 Å². The Morgan fingerprint density at radius 1 is 1.19 bits per heavy atom. The van der Waals surface area contributed by atoms with Crippen molar-refractivity contribution in [3.8, 4) is 0 Å². The second-order valence-electron chi connectivity index (χ2n) is 4.42. The molecule has 0 fully saturated rings. The number of hydrogen-bond donors (Lipinski definition) is 2. The first-order valence-corrected chi connectivity index (χ1v) is 7.79. The number of carbonyl (C=O) groups excluding carboxylic acids is 1. The quantitative estimate of drug-likeness (QED) is 0.731. The predicted molar refractivity (Wildman–Crippen MR) is 86.0 cm³/mol. The van der Waals surface area contributed by atoms with Gasteiger partial charge in [0, 0.05) is 18.9 Å². The fourth-order valence-electron chi connectivity index (χ4n) is 1.83. The number of hydrogen-bond acceptors (Lipinski definition) is 5. The zero-order chi connectivity index (χ0) is 14.9. The zero-order valence-electron chi connectivity index (χ0n) is 11.6. The Balaban J connectivity index is 1.74. The minimum Gasteiger partial charge on any atom is -0.368 e. The summed E-state index contributed by atoms with van der Waals surface area (Å²) in [4.78, 5) is 19.7. The first-order chi connectivity index (χ1) is 10.3. The molecule has 0 aliphatic rings. The molecule has 0 aliphatic heterocycles. The minimum atomic E-state index is -0.300. The summed E-state index contributed by atoms with van der Waals surface area (Å²) in [5, 5.41) is 2.84. The minimum absolute atomic E-state index is 0.292. The smallest absolute Gasteiger partial charge is 0.235 e. The van der Waals surface area contributed by atoms with Gasteiger partial charge < -0.3 is 11.1 Å². The molecule has 5 nitrogen and oxygen atoms in total. The largest absolute Gasteiger partial charge is 0.368 e. The molecule has 1 aromatic heterocycles. The van der Waals surface area contributed by atoms with Crippen molar-refractivity contribution in [3.63, 3.8) is 0 Å². The van der Waals surface area contributed by atoms with Gasteiger partial charge in [0.15, 0.2) is 0 Å². The van der Waals surface area contributed by atoms with E-state index in [1.54, 1.807) is 30.2 Å². The summed E-state index contributed by atoms with van der Waals surface area (Å²) in [7, 11) is 0. The van der Waals surface area contributed by atoms with E-state index < -0.39 is 0 Å². The van der Waals surface area contributed by atoms with E-state index in [1.165, 1.54) is 0 Å². The lowest BCUT2D eigenvalue weighted by Gasteiger charge is -2.13. The lowest BCUT2D eigenvalue weighted by Crippen LogP contribution is -2.19. The molecule has 2 rings (SSSR count). The Kier molecular flexibility index (Phi) is 6.02. The van der Waals surface area contributed by atoms with Gasteiger partial charge in [0.05, 0.1) is 0 Å². The summed E-state index contributed by atoms with van der Waals surface area (Å²) in [6, 6.07) is 11.4. The SMILES string of the molecule is NC(=O)[C@@H](SCCCNc1ncccn1)c1ccccc1. The summed E-state index contributed by atoms with van der Waals surface area (Å²) in [6.07, 6.45) is 4.30. The van der Waals surface area contributed by atoms with Crippen molar-refractivity contribution in [1.82, 2.24) is 9.97 Å². The van der Waals surface area contributed by atoms with Crippen LogP contribution >= 0.6 is 11.8 Å². The first-order valence-electron chi connectivity index (χ1n) is 6.74. The van der Waals surface area contributed by atoms with Gasteiger partial charge in [0.2, 0.25) is 11.9 Å². The summed E-state index contributed by atoms with van der Waals surface area (Å²) in [5.74, 6) is 1.16. The highest BCUT2D eigenvalue weighted by Gasteiger charge is 2.17. The molecule has 1 heterocycles. The van der Waals surface area contributed by atoms with Gasteiger partial charge in [-0.05, 0) is 23.8 Å². The number of aromatic nitrogens is 2. The number of rotatable bonds is 8. The van der Waals surface area contributed by atoms with Crippen molar-refractivity contribution in [3.05, 3.63) is 54.4 Å². The van der Waals surface area contributed by atoms with Gasteiger partial charge in [-0.25, -0.2) is 9.97 Å². The van der Waals surface area contributed by atoms with Crippen molar-refractivity contribution in [1.29, 1.82) is 0 Å². The Labute approximate surface area is 128 Å². The van der Waals surface area contributed by atoms with Crippen LogP contribution in [0.15, 0.2) is 48.8 Å².